The number of halogens is 1. The van der Waals surface area contributed by atoms with Crippen LogP contribution in [-0.2, 0) is 0 Å². The smallest absolute Gasteiger partial charge is 0.0454 e. The Bertz CT molecular complexity index is 237. The Morgan fingerprint density at radius 1 is 1.45 bits per heavy atom. The largest absolute Gasteiger partial charge is 0.271 e. The summed E-state index contributed by atoms with van der Waals surface area (Å²) in [5, 5.41) is 0.748. The first-order valence-corrected chi connectivity index (χ1v) is 3.84. The maximum absolute atomic E-state index is 5.90. The molecule has 3 N–H and O–H groups in total. The summed E-state index contributed by atoms with van der Waals surface area (Å²) in [4.78, 5) is 0. The van der Waals surface area contributed by atoms with E-state index in [-0.39, 0.29) is 6.04 Å². The van der Waals surface area contributed by atoms with Crippen molar-refractivity contribution in [2.75, 3.05) is 0 Å². The van der Waals surface area contributed by atoms with E-state index in [1.54, 1.807) is 0 Å². The summed E-state index contributed by atoms with van der Waals surface area (Å²) in [7, 11) is 0. The lowest BCUT2D eigenvalue weighted by molar-refractivity contribution is 0.603. The van der Waals surface area contributed by atoms with E-state index in [1.807, 2.05) is 31.2 Å². The molecule has 1 aromatic carbocycles. The van der Waals surface area contributed by atoms with Crippen molar-refractivity contribution in [3.05, 3.63) is 34.9 Å². The average molecular weight is 171 g/mol. The summed E-state index contributed by atoms with van der Waals surface area (Å²) in [5.74, 6) is 5.26. The third-order valence-corrected chi connectivity index (χ3v) is 1.97. The highest BCUT2D eigenvalue weighted by Gasteiger charge is 2.05. The molecule has 0 saturated carbocycles. The van der Waals surface area contributed by atoms with Gasteiger partial charge in [0.1, 0.15) is 0 Å². The van der Waals surface area contributed by atoms with Crippen molar-refractivity contribution in [2.45, 2.75) is 13.0 Å². The Hall–Kier alpha value is -0.570. The van der Waals surface area contributed by atoms with Gasteiger partial charge in [-0.2, -0.15) is 0 Å². The third-order valence-electron chi connectivity index (χ3n) is 1.62. The number of benzene rings is 1. The van der Waals surface area contributed by atoms with E-state index >= 15 is 0 Å². The Labute approximate surface area is 71.3 Å². The van der Waals surface area contributed by atoms with Crippen molar-refractivity contribution in [3.63, 3.8) is 0 Å². The standard InChI is InChI=1S/C8H11ClN2/c1-6(11-10)7-4-2-3-5-8(7)9/h2-6,11H,10H2,1H3. The van der Waals surface area contributed by atoms with E-state index in [4.69, 9.17) is 17.4 Å². The molecule has 1 atom stereocenters. The molecule has 3 heteroatoms. The van der Waals surface area contributed by atoms with Crippen molar-refractivity contribution in [2.24, 2.45) is 5.84 Å². The minimum absolute atomic E-state index is 0.101. The first-order chi connectivity index (χ1) is 5.25. The first kappa shape index (κ1) is 8.53. The highest BCUT2D eigenvalue weighted by molar-refractivity contribution is 6.31. The van der Waals surface area contributed by atoms with Gasteiger partial charge in [0.2, 0.25) is 0 Å². The van der Waals surface area contributed by atoms with Crippen LogP contribution in [-0.4, -0.2) is 0 Å². The van der Waals surface area contributed by atoms with E-state index in [9.17, 15) is 0 Å². The summed E-state index contributed by atoms with van der Waals surface area (Å²) in [6, 6.07) is 7.74. The Morgan fingerprint density at radius 2 is 2.09 bits per heavy atom. The normalized spacial score (nSPS) is 13.0. The third kappa shape index (κ3) is 1.93. The SMILES string of the molecule is CC(NN)c1ccccc1Cl. The Balaban J connectivity index is 2.93. The molecule has 0 saturated heterocycles. The molecule has 0 spiro atoms. The van der Waals surface area contributed by atoms with Gasteiger partial charge in [-0.05, 0) is 18.6 Å². The van der Waals surface area contributed by atoms with Gasteiger partial charge in [0, 0.05) is 11.1 Å². The van der Waals surface area contributed by atoms with Gasteiger partial charge in [0.15, 0.2) is 0 Å². The van der Waals surface area contributed by atoms with Gasteiger partial charge < -0.3 is 0 Å². The van der Waals surface area contributed by atoms with Crippen LogP contribution in [0, 0.1) is 0 Å². The molecule has 0 fully saturated rings. The minimum atomic E-state index is 0.101. The molecule has 0 radical (unpaired) electrons. The van der Waals surface area contributed by atoms with E-state index in [2.05, 4.69) is 5.43 Å². The maximum Gasteiger partial charge on any atom is 0.0454 e. The lowest BCUT2D eigenvalue weighted by Gasteiger charge is -2.10. The molecule has 0 heterocycles. The summed E-state index contributed by atoms with van der Waals surface area (Å²) in [6.07, 6.45) is 0. The number of hydrogen-bond donors (Lipinski definition) is 2. The fourth-order valence-corrected chi connectivity index (χ4v) is 1.22. The van der Waals surface area contributed by atoms with Crippen LogP contribution in [0.15, 0.2) is 24.3 Å². The second-order valence-corrected chi connectivity index (χ2v) is 2.82. The summed E-state index contributed by atoms with van der Waals surface area (Å²) < 4.78 is 0. The quantitative estimate of drug-likeness (QED) is 0.525. The van der Waals surface area contributed by atoms with Gasteiger partial charge in [-0.1, -0.05) is 29.8 Å². The highest BCUT2D eigenvalue weighted by atomic mass is 35.5. The predicted octanol–water partition coefficient (Wildman–Crippen LogP) is 1.86. The molecule has 60 valence electrons. The van der Waals surface area contributed by atoms with Gasteiger partial charge in [0.05, 0.1) is 0 Å². The number of rotatable bonds is 2. The summed E-state index contributed by atoms with van der Waals surface area (Å²) in [5.41, 5.74) is 3.66. The zero-order valence-electron chi connectivity index (χ0n) is 6.34. The number of nitrogens with one attached hydrogen (secondary N) is 1. The molecule has 1 unspecified atom stereocenters. The summed E-state index contributed by atoms with van der Waals surface area (Å²) in [6.45, 7) is 1.96. The molecule has 0 bridgehead atoms. The van der Waals surface area contributed by atoms with Gasteiger partial charge in [-0.25, -0.2) is 0 Å². The van der Waals surface area contributed by atoms with Crippen LogP contribution in [0.1, 0.15) is 18.5 Å². The van der Waals surface area contributed by atoms with E-state index in [0.29, 0.717) is 0 Å². The molecule has 0 aliphatic carbocycles. The summed E-state index contributed by atoms with van der Waals surface area (Å²) >= 11 is 5.90. The Morgan fingerprint density at radius 3 is 2.64 bits per heavy atom. The molecular formula is C8H11ClN2. The Kier molecular flexibility index (Phi) is 2.88. The fourth-order valence-electron chi connectivity index (χ4n) is 0.916. The molecule has 2 nitrogen and oxygen atoms in total. The van der Waals surface area contributed by atoms with Crippen molar-refractivity contribution in [1.29, 1.82) is 0 Å². The number of hydrazine groups is 1. The van der Waals surface area contributed by atoms with Gasteiger partial charge in [-0.3, -0.25) is 11.3 Å². The van der Waals surface area contributed by atoms with Crippen LogP contribution in [0.2, 0.25) is 5.02 Å². The van der Waals surface area contributed by atoms with Crippen LogP contribution in [0.3, 0.4) is 0 Å². The highest BCUT2D eigenvalue weighted by Crippen LogP contribution is 2.20. The molecular weight excluding hydrogens is 160 g/mol. The van der Waals surface area contributed by atoms with Gasteiger partial charge in [0.25, 0.3) is 0 Å². The molecule has 1 aromatic rings. The number of hydrogen-bond acceptors (Lipinski definition) is 2. The zero-order valence-corrected chi connectivity index (χ0v) is 7.10. The number of nitrogens with two attached hydrogens (primary N) is 1. The van der Waals surface area contributed by atoms with E-state index in [0.717, 1.165) is 10.6 Å². The van der Waals surface area contributed by atoms with Crippen LogP contribution >= 0.6 is 11.6 Å². The van der Waals surface area contributed by atoms with Crippen molar-refractivity contribution >= 4 is 11.6 Å². The fraction of sp³-hybridized carbons (Fsp3) is 0.250. The maximum atomic E-state index is 5.90. The zero-order chi connectivity index (χ0) is 8.27. The van der Waals surface area contributed by atoms with Crippen molar-refractivity contribution in [3.8, 4) is 0 Å². The molecule has 11 heavy (non-hydrogen) atoms. The van der Waals surface area contributed by atoms with Crippen molar-refractivity contribution in [1.82, 2.24) is 5.43 Å². The van der Waals surface area contributed by atoms with Gasteiger partial charge >= 0.3 is 0 Å². The average Bonchev–Trinajstić information content (AvgIpc) is 2.04. The van der Waals surface area contributed by atoms with Crippen LogP contribution in [0.5, 0.6) is 0 Å². The molecule has 1 rings (SSSR count). The lowest BCUT2D eigenvalue weighted by atomic mass is 10.1. The van der Waals surface area contributed by atoms with E-state index in [1.165, 1.54) is 0 Å². The predicted molar refractivity (Wildman–Crippen MR) is 47.2 cm³/mol. The van der Waals surface area contributed by atoms with E-state index < -0.39 is 0 Å². The minimum Gasteiger partial charge on any atom is -0.271 e. The van der Waals surface area contributed by atoms with Gasteiger partial charge in [-0.15, -0.1) is 0 Å². The molecule has 0 aliphatic heterocycles. The second kappa shape index (κ2) is 3.72. The molecule has 0 aromatic heterocycles. The molecule has 0 amide bonds. The molecule has 0 aliphatic rings. The topological polar surface area (TPSA) is 38.0 Å². The van der Waals surface area contributed by atoms with Crippen LogP contribution < -0.4 is 11.3 Å². The van der Waals surface area contributed by atoms with Crippen LogP contribution in [0.4, 0.5) is 0 Å². The monoisotopic (exact) mass is 170 g/mol. The van der Waals surface area contributed by atoms with Crippen LogP contribution in [0.25, 0.3) is 0 Å². The first-order valence-electron chi connectivity index (χ1n) is 3.46. The lowest BCUT2D eigenvalue weighted by Crippen LogP contribution is -2.25. The van der Waals surface area contributed by atoms with Crippen molar-refractivity contribution < 1.29 is 0 Å². The second-order valence-electron chi connectivity index (χ2n) is 2.41.